The van der Waals surface area contributed by atoms with E-state index in [0.29, 0.717) is 5.13 Å². The van der Waals surface area contributed by atoms with Crippen LogP contribution in [0.5, 0.6) is 0 Å². The maximum atomic E-state index is 10.2. The second-order valence-corrected chi connectivity index (χ2v) is 3.74. The molecule has 0 unspecified atom stereocenters. The average molecular weight is 207 g/mol. The minimum atomic E-state index is -1.13. The Kier molecular flexibility index (Phi) is 2.32. The Bertz CT molecular complexity index is 434. The van der Waals surface area contributed by atoms with Crippen molar-refractivity contribution in [3.63, 3.8) is 0 Å². The molecule has 2 aromatic rings. The summed E-state index contributed by atoms with van der Waals surface area (Å²) < 4.78 is 1.04. The van der Waals surface area contributed by atoms with Gasteiger partial charge >= 0.3 is 0 Å². The van der Waals surface area contributed by atoms with Gasteiger partial charge in [0.2, 0.25) is 0 Å². The van der Waals surface area contributed by atoms with E-state index in [-0.39, 0.29) is 6.54 Å². The van der Waals surface area contributed by atoms with E-state index in [1.807, 2.05) is 24.3 Å². The Morgan fingerprint density at radius 3 is 3.00 bits per heavy atom. The lowest BCUT2D eigenvalue weighted by atomic mass is 10.3. The van der Waals surface area contributed by atoms with Crippen LogP contribution < -0.4 is 10.4 Å². The number of carboxylic acids is 1. The lowest BCUT2D eigenvalue weighted by Gasteiger charge is -2.01. The maximum Gasteiger partial charge on any atom is 0.184 e. The smallest absolute Gasteiger partial charge is 0.184 e. The van der Waals surface area contributed by atoms with Crippen LogP contribution in [0.1, 0.15) is 0 Å². The molecule has 1 aromatic carbocycles. The lowest BCUT2D eigenvalue weighted by molar-refractivity contribution is -0.302. The standard InChI is InChI=1S/C9H8N2O2S/c12-8(13)5-10-9-11-6-3-1-2-4-7(6)14-9/h1-4H,5H2,(H,10,11)(H,12,13)/p-1. The molecule has 1 N–H and O–H groups in total. The van der Waals surface area contributed by atoms with Crippen LogP contribution in [0.3, 0.4) is 0 Å². The Balaban J connectivity index is 2.22. The first-order valence-electron chi connectivity index (χ1n) is 4.05. The van der Waals surface area contributed by atoms with Crippen LogP contribution >= 0.6 is 11.3 Å². The van der Waals surface area contributed by atoms with E-state index in [0.717, 1.165) is 10.2 Å². The number of aromatic nitrogens is 1. The molecule has 72 valence electrons. The van der Waals surface area contributed by atoms with Gasteiger partial charge < -0.3 is 15.2 Å². The van der Waals surface area contributed by atoms with E-state index in [2.05, 4.69) is 10.3 Å². The maximum absolute atomic E-state index is 10.2. The number of carbonyl (C=O) groups is 1. The predicted molar refractivity (Wildman–Crippen MR) is 53.1 cm³/mol. The van der Waals surface area contributed by atoms with Crippen LogP contribution in [0.15, 0.2) is 24.3 Å². The van der Waals surface area contributed by atoms with E-state index in [1.165, 1.54) is 11.3 Å². The molecule has 4 nitrogen and oxygen atoms in total. The molecule has 0 aliphatic carbocycles. The summed E-state index contributed by atoms with van der Waals surface area (Å²) in [6.45, 7) is -0.209. The Morgan fingerprint density at radius 2 is 2.29 bits per heavy atom. The first kappa shape index (κ1) is 8.96. The molecule has 0 fully saturated rings. The highest BCUT2D eigenvalue weighted by Gasteiger charge is 2.01. The van der Waals surface area contributed by atoms with Gasteiger partial charge in [0.1, 0.15) is 0 Å². The molecule has 0 bridgehead atoms. The summed E-state index contributed by atoms with van der Waals surface area (Å²) in [6, 6.07) is 7.64. The number of carbonyl (C=O) groups excluding carboxylic acids is 1. The second kappa shape index (κ2) is 3.63. The number of nitrogens with zero attached hydrogens (tertiary/aromatic N) is 1. The van der Waals surface area contributed by atoms with Crippen molar-refractivity contribution in [1.29, 1.82) is 0 Å². The van der Waals surface area contributed by atoms with E-state index in [9.17, 15) is 9.90 Å². The highest BCUT2D eigenvalue weighted by Crippen LogP contribution is 2.24. The van der Waals surface area contributed by atoms with Gasteiger partial charge in [-0.25, -0.2) is 4.98 Å². The zero-order chi connectivity index (χ0) is 9.97. The van der Waals surface area contributed by atoms with Crippen LogP contribution in [0, 0.1) is 0 Å². The predicted octanol–water partition coefficient (Wildman–Crippen LogP) is 0.458. The third-order valence-corrected chi connectivity index (χ3v) is 2.67. The summed E-state index contributed by atoms with van der Waals surface area (Å²) in [5.41, 5.74) is 0.873. The molecule has 2 rings (SSSR count). The minimum absolute atomic E-state index is 0.209. The molecular formula is C9H7N2O2S-. The van der Waals surface area contributed by atoms with Crippen LogP contribution in [0.4, 0.5) is 5.13 Å². The normalized spacial score (nSPS) is 10.3. The zero-order valence-electron chi connectivity index (χ0n) is 7.19. The first-order chi connectivity index (χ1) is 6.75. The number of carboxylic acid groups (broad SMARTS) is 1. The number of fused-ring (bicyclic) bond motifs is 1. The zero-order valence-corrected chi connectivity index (χ0v) is 8.00. The molecule has 0 aliphatic heterocycles. The molecule has 5 heteroatoms. The lowest BCUT2D eigenvalue weighted by Crippen LogP contribution is -2.30. The van der Waals surface area contributed by atoms with E-state index >= 15 is 0 Å². The fraction of sp³-hybridized carbons (Fsp3) is 0.111. The fourth-order valence-electron chi connectivity index (χ4n) is 1.10. The molecule has 0 radical (unpaired) electrons. The number of hydrogen-bond donors (Lipinski definition) is 1. The fourth-order valence-corrected chi connectivity index (χ4v) is 1.96. The first-order valence-corrected chi connectivity index (χ1v) is 4.86. The van der Waals surface area contributed by atoms with Gasteiger partial charge in [-0.3, -0.25) is 0 Å². The SMILES string of the molecule is O=C([O-])CNc1nc2ccccc2s1. The number of aliphatic carboxylic acids is 1. The van der Waals surface area contributed by atoms with Crippen LogP contribution in [0.2, 0.25) is 0 Å². The molecule has 0 saturated carbocycles. The largest absolute Gasteiger partial charge is 0.548 e. The van der Waals surface area contributed by atoms with Gasteiger partial charge in [0.25, 0.3) is 0 Å². The highest BCUT2D eigenvalue weighted by molar-refractivity contribution is 7.22. The van der Waals surface area contributed by atoms with Crippen molar-refractivity contribution in [2.24, 2.45) is 0 Å². The van der Waals surface area contributed by atoms with Gasteiger partial charge in [0.15, 0.2) is 5.13 Å². The van der Waals surface area contributed by atoms with E-state index in [4.69, 9.17) is 0 Å². The van der Waals surface area contributed by atoms with Crippen LogP contribution in [-0.2, 0) is 4.79 Å². The van der Waals surface area contributed by atoms with Crippen molar-refractivity contribution in [1.82, 2.24) is 4.98 Å². The van der Waals surface area contributed by atoms with E-state index in [1.54, 1.807) is 0 Å². The van der Waals surface area contributed by atoms with Crippen molar-refractivity contribution < 1.29 is 9.90 Å². The number of hydrogen-bond acceptors (Lipinski definition) is 5. The summed E-state index contributed by atoms with van der Waals surface area (Å²) in [4.78, 5) is 14.4. The van der Waals surface area contributed by atoms with Crippen molar-refractivity contribution in [3.8, 4) is 0 Å². The quantitative estimate of drug-likeness (QED) is 0.794. The molecule has 0 aliphatic rings. The molecule has 1 aromatic heterocycles. The van der Waals surface area contributed by atoms with Gasteiger partial charge in [-0.05, 0) is 12.1 Å². The molecule has 0 saturated heterocycles. The number of para-hydroxylation sites is 1. The van der Waals surface area contributed by atoms with Crippen LogP contribution in [0.25, 0.3) is 10.2 Å². The van der Waals surface area contributed by atoms with Gasteiger partial charge in [0, 0.05) is 0 Å². The van der Waals surface area contributed by atoms with Crippen molar-refractivity contribution in [2.75, 3.05) is 11.9 Å². The number of rotatable bonds is 3. The Labute approximate surface area is 84.2 Å². The van der Waals surface area contributed by atoms with Gasteiger partial charge in [-0.15, -0.1) is 0 Å². The summed E-state index contributed by atoms with van der Waals surface area (Å²) in [6.07, 6.45) is 0. The second-order valence-electron chi connectivity index (χ2n) is 2.71. The number of thiazole rings is 1. The Morgan fingerprint density at radius 1 is 1.50 bits per heavy atom. The monoisotopic (exact) mass is 207 g/mol. The van der Waals surface area contributed by atoms with Gasteiger partial charge in [-0.2, -0.15) is 0 Å². The van der Waals surface area contributed by atoms with E-state index < -0.39 is 5.97 Å². The average Bonchev–Trinajstić information content (AvgIpc) is 2.57. The third-order valence-electron chi connectivity index (χ3n) is 1.68. The molecule has 0 amide bonds. The van der Waals surface area contributed by atoms with Crippen molar-refractivity contribution in [3.05, 3.63) is 24.3 Å². The van der Waals surface area contributed by atoms with Crippen molar-refractivity contribution in [2.45, 2.75) is 0 Å². The number of benzene rings is 1. The summed E-state index contributed by atoms with van der Waals surface area (Å²) in [7, 11) is 0. The third kappa shape index (κ3) is 1.82. The summed E-state index contributed by atoms with van der Waals surface area (Å²) in [5, 5.41) is 13.5. The summed E-state index contributed by atoms with van der Waals surface area (Å²) >= 11 is 1.43. The molecule has 0 spiro atoms. The summed E-state index contributed by atoms with van der Waals surface area (Å²) in [5.74, 6) is -1.13. The number of anilines is 1. The molecule has 1 heterocycles. The van der Waals surface area contributed by atoms with Gasteiger partial charge in [-0.1, -0.05) is 23.5 Å². The topological polar surface area (TPSA) is 65.0 Å². The molecule has 14 heavy (non-hydrogen) atoms. The number of nitrogens with one attached hydrogen (secondary N) is 1. The Hall–Kier alpha value is -1.62. The molecule has 0 atom stereocenters. The van der Waals surface area contributed by atoms with Gasteiger partial charge in [0.05, 0.1) is 22.7 Å². The highest BCUT2D eigenvalue weighted by atomic mass is 32.1. The molecular weight excluding hydrogens is 200 g/mol. The van der Waals surface area contributed by atoms with Crippen molar-refractivity contribution >= 4 is 32.7 Å². The minimum Gasteiger partial charge on any atom is -0.548 e. The van der Waals surface area contributed by atoms with Crippen LogP contribution in [-0.4, -0.2) is 17.5 Å².